The fourth-order valence-electron chi connectivity index (χ4n) is 2.98. The molecule has 6 heteroatoms. The van der Waals surface area contributed by atoms with Crippen molar-refractivity contribution in [2.75, 3.05) is 0 Å². The molecule has 0 bridgehead atoms. The van der Waals surface area contributed by atoms with Crippen molar-refractivity contribution in [3.8, 4) is 11.4 Å². The van der Waals surface area contributed by atoms with E-state index in [2.05, 4.69) is 39.8 Å². The second-order valence-corrected chi connectivity index (χ2v) is 6.10. The zero-order chi connectivity index (χ0) is 17.9. The summed E-state index contributed by atoms with van der Waals surface area (Å²) in [4.78, 5) is 0. The van der Waals surface area contributed by atoms with E-state index in [1.807, 2.05) is 48.7 Å². The maximum Gasteiger partial charge on any atom is 0.184 e. The number of aryl methyl sites for hydroxylation is 1. The molecule has 4 aromatic rings. The highest BCUT2D eigenvalue weighted by molar-refractivity contribution is 5.81. The summed E-state index contributed by atoms with van der Waals surface area (Å²) in [6.07, 6.45) is 5.15. The standard InChI is InChI=1S/C20H19N5O/c1-15-11-18(16(2)24(15)13-19-9-6-10-26-19)12-22-25-14-21-23-20(25)17-7-4-3-5-8-17/h3-12,14H,13H2,1-2H3/b22-12-. The van der Waals surface area contributed by atoms with Crippen LogP contribution in [0.4, 0.5) is 0 Å². The molecular weight excluding hydrogens is 326 g/mol. The molecule has 0 amide bonds. The van der Waals surface area contributed by atoms with Crippen LogP contribution < -0.4 is 0 Å². The molecule has 3 aromatic heterocycles. The number of hydrogen-bond acceptors (Lipinski definition) is 4. The van der Waals surface area contributed by atoms with Crippen LogP contribution in [0.3, 0.4) is 0 Å². The minimum absolute atomic E-state index is 0.709. The lowest BCUT2D eigenvalue weighted by molar-refractivity contribution is 0.489. The first-order valence-electron chi connectivity index (χ1n) is 8.41. The summed E-state index contributed by atoms with van der Waals surface area (Å²) in [5, 5.41) is 12.7. The monoisotopic (exact) mass is 345 g/mol. The first-order chi connectivity index (χ1) is 12.7. The van der Waals surface area contributed by atoms with Gasteiger partial charge in [-0.25, -0.2) is 0 Å². The second-order valence-electron chi connectivity index (χ2n) is 6.10. The summed E-state index contributed by atoms with van der Waals surface area (Å²) in [6.45, 7) is 4.88. The van der Waals surface area contributed by atoms with E-state index in [0.717, 1.165) is 28.3 Å². The first-order valence-corrected chi connectivity index (χ1v) is 8.41. The molecule has 0 N–H and O–H groups in total. The first kappa shape index (κ1) is 16.1. The van der Waals surface area contributed by atoms with Crippen LogP contribution in [0.5, 0.6) is 0 Å². The van der Waals surface area contributed by atoms with Gasteiger partial charge in [-0.2, -0.15) is 9.78 Å². The van der Waals surface area contributed by atoms with Gasteiger partial charge in [-0.05, 0) is 32.0 Å². The third-order valence-electron chi connectivity index (χ3n) is 4.39. The summed E-state index contributed by atoms with van der Waals surface area (Å²) >= 11 is 0. The Labute approximate surface area is 151 Å². The Morgan fingerprint density at radius 2 is 1.96 bits per heavy atom. The molecule has 0 aliphatic rings. The zero-order valence-electron chi connectivity index (χ0n) is 14.7. The van der Waals surface area contributed by atoms with Crippen molar-refractivity contribution in [3.63, 3.8) is 0 Å². The molecule has 0 aliphatic heterocycles. The zero-order valence-corrected chi connectivity index (χ0v) is 14.7. The van der Waals surface area contributed by atoms with Crippen LogP contribution in [0.2, 0.25) is 0 Å². The van der Waals surface area contributed by atoms with Crippen molar-refractivity contribution >= 4 is 6.21 Å². The Bertz CT molecular complexity index is 1030. The summed E-state index contributed by atoms with van der Waals surface area (Å²) in [5.74, 6) is 1.65. The van der Waals surface area contributed by atoms with E-state index in [1.54, 1.807) is 17.3 Å². The molecule has 0 radical (unpaired) electrons. The van der Waals surface area contributed by atoms with Gasteiger partial charge in [0.1, 0.15) is 12.1 Å². The maximum absolute atomic E-state index is 5.47. The lowest BCUT2D eigenvalue weighted by Gasteiger charge is -2.07. The van der Waals surface area contributed by atoms with Gasteiger partial charge in [0, 0.05) is 22.5 Å². The molecule has 3 heterocycles. The number of benzene rings is 1. The van der Waals surface area contributed by atoms with Crippen LogP contribution in [-0.2, 0) is 6.54 Å². The Morgan fingerprint density at radius 1 is 1.12 bits per heavy atom. The Balaban J connectivity index is 1.62. The average Bonchev–Trinajstić information content (AvgIpc) is 3.39. The van der Waals surface area contributed by atoms with Crippen molar-refractivity contribution in [2.45, 2.75) is 20.4 Å². The highest BCUT2D eigenvalue weighted by atomic mass is 16.3. The Kier molecular flexibility index (Phi) is 4.23. The molecular formula is C20H19N5O. The van der Waals surface area contributed by atoms with Gasteiger partial charge < -0.3 is 8.98 Å². The third kappa shape index (κ3) is 3.09. The molecule has 0 atom stereocenters. The summed E-state index contributed by atoms with van der Waals surface area (Å²) in [6, 6.07) is 15.9. The molecule has 0 spiro atoms. The van der Waals surface area contributed by atoms with Gasteiger partial charge in [-0.15, -0.1) is 10.2 Å². The van der Waals surface area contributed by atoms with Crippen LogP contribution >= 0.6 is 0 Å². The molecule has 0 aliphatic carbocycles. The van der Waals surface area contributed by atoms with E-state index in [-0.39, 0.29) is 0 Å². The molecule has 0 fully saturated rings. The van der Waals surface area contributed by atoms with Crippen LogP contribution in [0.1, 0.15) is 22.7 Å². The summed E-state index contributed by atoms with van der Waals surface area (Å²) in [7, 11) is 0. The largest absolute Gasteiger partial charge is 0.467 e. The molecule has 1 aromatic carbocycles. The lowest BCUT2D eigenvalue weighted by Crippen LogP contribution is -2.03. The number of nitrogens with zero attached hydrogens (tertiary/aromatic N) is 5. The van der Waals surface area contributed by atoms with E-state index < -0.39 is 0 Å². The molecule has 0 saturated heterocycles. The predicted octanol–water partition coefficient (Wildman–Crippen LogP) is 3.89. The topological polar surface area (TPSA) is 61.1 Å². The second kappa shape index (κ2) is 6.84. The van der Waals surface area contributed by atoms with Crippen molar-refractivity contribution < 1.29 is 4.42 Å². The lowest BCUT2D eigenvalue weighted by atomic mass is 10.2. The molecule has 26 heavy (non-hydrogen) atoms. The summed E-state index contributed by atoms with van der Waals surface area (Å²) < 4.78 is 9.37. The third-order valence-corrected chi connectivity index (χ3v) is 4.39. The highest BCUT2D eigenvalue weighted by Crippen LogP contribution is 2.18. The summed E-state index contributed by atoms with van der Waals surface area (Å²) in [5.41, 5.74) is 4.33. The van der Waals surface area contributed by atoms with Crippen molar-refractivity contribution in [1.29, 1.82) is 0 Å². The van der Waals surface area contributed by atoms with Crippen molar-refractivity contribution in [2.24, 2.45) is 5.10 Å². The van der Waals surface area contributed by atoms with Gasteiger partial charge in [-0.1, -0.05) is 30.3 Å². The van der Waals surface area contributed by atoms with E-state index in [1.165, 1.54) is 0 Å². The molecule has 4 rings (SSSR count). The number of furan rings is 1. The minimum atomic E-state index is 0.709. The van der Waals surface area contributed by atoms with E-state index in [4.69, 9.17) is 4.42 Å². The Morgan fingerprint density at radius 3 is 2.73 bits per heavy atom. The average molecular weight is 345 g/mol. The predicted molar refractivity (Wildman–Crippen MR) is 100 cm³/mol. The number of hydrogen-bond donors (Lipinski definition) is 0. The molecule has 0 unspecified atom stereocenters. The smallest absolute Gasteiger partial charge is 0.184 e. The number of rotatable bonds is 5. The van der Waals surface area contributed by atoms with Crippen molar-refractivity contribution in [3.05, 3.63) is 83.8 Å². The van der Waals surface area contributed by atoms with Crippen LogP contribution in [0, 0.1) is 13.8 Å². The van der Waals surface area contributed by atoms with Crippen LogP contribution in [0.15, 0.2) is 70.6 Å². The van der Waals surface area contributed by atoms with Gasteiger partial charge in [0.15, 0.2) is 5.82 Å². The van der Waals surface area contributed by atoms with Gasteiger partial charge >= 0.3 is 0 Å². The van der Waals surface area contributed by atoms with Crippen LogP contribution in [0.25, 0.3) is 11.4 Å². The SMILES string of the molecule is Cc1cc(/C=N\n2cnnc2-c2ccccc2)c(C)n1Cc1ccco1. The quantitative estimate of drug-likeness (QED) is 0.516. The van der Waals surface area contributed by atoms with Gasteiger partial charge in [0.2, 0.25) is 0 Å². The van der Waals surface area contributed by atoms with Gasteiger partial charge in [0.25, 0.3) is 0 Å². The fourth-order valence-corrected chi connectivity index (χ4v) is 2.98. The Hall–Kier alpha value is -3.41. The minimum Gasteiger partial charge on any atom is -0.467 e. The molecule has 130 valence electrons. The van der Waals surface area contributed by atoms with E-state index in [9.17, 15) is 0 Å². The maximum atomic E-state index is 5.47. The van der Waals surface area contributed by atoms with Crippen LogP contribution in [-0.4, -0.2) is 25.7 Å². The van der Waals surface area contributed by atoms with E-state index in [0.29, 0.717) is 12.4 Å². The van der Waals surface area contributed by atoms with Gasteiger partial charge in [-0.3, -0.25) is 0 Å². The fraction of sp³-hybridized carbons (Fsp3) is 0.150. The normalized spacial score (nSPS) is 11.5. The number of aromatic nitrogens is 4. The highest BCUT2D eigenvalue weighted by Gasteiger charge is 2.10. The van der Waals surface area contributed by atoms with Crippen molar-refractivity contribution in [1.82, 2.24) is 19.4 Å². The van der Waals surface area contributed by atoms with Gasteiger partial charge in [0.05, 0.1) is 19.0 Å². The molecule has 0 saturated carbocycles. The molecule has 6 nitrogen and oxygen atoms in total. The van der Waals surface area contributed by atoms with E-state index >= 15 is 0 Å².